The number of Topliss-reactive ketones (excluding diaryl/α,β-unsaturated/α-hetero) is 1. The summed E-state index contributed by atoms with van der Waals surface area (Å²) in [5.41, 5.74) is -1.04. The van der Waals surface area contributed by atoms with Crippen LogP contribution < -0.4 is 5.32 Å². The first-order valence-electron chi connectivity index (χ1n) is 5.91. The molecule has 1 unspecified atom stereocenters. The third kappa shape index (κ3) is 2.69. The summed E-state index contributed by atoms with van der Waals surface area (Å²) in [5, 5.41) is 10.7. The summed E-state index contributed by atoms with van der Waals surface area (Å²) in [4.78, 5) is 38.1. The maximum Gasteiger partial charge on any atom is 0.411 e. The number of carbonyl (C=O) groups is 3. The highest BCUT2D eigenvalue weighted by Gasteiger charge is 2.49. The van der Waals surface area contributed by atoms with Gasteiger partial charge >= 0.3 is 12.1 Å². The number of pyridine rings is 1. The van der Waals surface area contributed by atoms with Crippen molar-refractivity contribution in [2.45, 2.75) is 19.4 Å². The summed E-state index contributed by atoms with van der Waals surface area (Å²) in [5.74, 6) is -2.30. The van der Waals surface area contributed by atoms with Crippen LogP contribution in [-0.2, 0) is 24.7 Å². The zero-order valence-electron chi connectivity index (χ0n) is 11.2. The van der Waals surface area contributed by atoms with Crippen LogP contribution in [0.25, 0.3) is 0 Å². The number of ketones is 1. The first kappa shape index (κ1) is 14.5. The second-order valence-electron chi connectivity index (χ2n) is 4.38. The quantitative estimate of drug-likeness (QED) is 0.795. The van der Waals surface area contributed by atoms with Gasteiger partial charge in [-0.05, 0) is 19.1 Å². The van der Waals surface area contributed by atoms with E-state index >= 15 is 0 Å². The van der Waals surface area contributed by atoms with Gasteiger partial charge in [0.2, 0.25) is 11.6 Å². The fourth-order valence-electron chi connectivity index (χ4n) is 1.89. The molecular weight excluding hydrogens is 280 g/mol. The van der Waals surface area contributed by atoms with E-state index in [9.17, 15) is 14.4 Å². The molecule has 0 spiro atoms. The first-order chi connectivity index (χ1) is 9.84. The number of hydrogen-bond acceptors (Lipinski definition) is 6. The van der Waals surface area contributed by atoms with Gasteiger partial charge in [-0.2, -0.15) is 0 Å². The van der Waals surface area contributed by atoms with Crippen LogP contribution in [0.3, 0.4) is 0 Å². The molecule has 0 radical (unpaired) electrons. The summed E-state index contributed by atoms with van der Waals surface area (Å²) in [7, 11) is 0. The summed E-state index contributed by atoms with van der Waals surface area (Å²) >= 11 is 0. The standard InChI is InChI=1S/C13H12N2O6/c1-7(16)20-9-10(17)13(2,8-3-5-14-6-4-8)21-11(9)15-12(18)19/h3-6,15H,1-2H3,(H,18,19). The molecule has 1 aromatic rings. The van der Waals surface area contributed by atoms with E-state index in [1.54, 1.807) is 12.1 Å². The second-order valence-corrected chi connectivity index (χ2v) is 4.38. The molecule has 1 amide bonds. The molecule has 8 nitrogen and oxygen atoms in total. The number of nitrogens with zero attached hydrogens (tertiary/aromatic N) is 1. The average Bonchev–Trinajstić information content (AvgIpc) is 2.64. The van der Waals surface area contributed by atoms with Gasteiger partial charge in [0, 0.05) is 24.9 Å². The smallest absolute Gasteiger partial charge is 0.411 e. The Bertz CT molecular complexity index is 639. The van der Waals surface area contributed by atoms with Crippen LogP contribution in [0.5, 0.6) is 0 Å². The molecule has 2 heterocycles. The Morgan fingerprint density at radius 2 is 2.00 bits per heavy atom. The van der Waals surface area contributed by atoms with E-state index in [1.165, 1.54) is 19.3 Å². The van der Waals surface area contributed by atoms with E-state index in [-0.39, 0.29) is 0 Å². The van der Waals surface area contributed by atoms with Gasteiger partial charge < -0.3 is 14.6 Å². The first-order valence-corrected chi connectivity index (χ1v) is 5.91. The lowest BCUT2D eigenvalue weighted by molar-refractivity contribution is -0.142. The monoisotopic (exact) mass is 292 g/mol. The minimum absolute atomic E-state index is 0.415. The molecule has 0 aliphatic carbocycles. The van der Waals surface area contributed by atoms with E-state index in [2.05, 4.69) is 4.98 Å². The SMILES string of the molecule is CC(=O)OC1=C(NC(=O)O)OC(C)(c2ccncc2)C1=O. The molecule has 0 bridgehead atoms. The molecule has 1 aromatic heterocycles. The van der Waals surface area contributed by atoms with Crippen molar-refractivity contribution >= 4 is 17.8 Å². The number of hydrogen-bond donors (Lipinski definition) is 2. The number of esters is 1. The molecular formula is C13H12N2O6. The molecule has 1 aliphatic heterocycles. The molecule has 110 valence electrons. The van der Waals surface area contributed by atoms with Gasteiger partial charge in [0.15, 0.2) is 5.60 Å². The normalized spacial score (nSPS) is 21.0. The van der Waals surface area contributed by atoms with Crippen LogP contribution in [0.4, 0.5) is 4.79 Å². The molecule has 2 N–H and O–H groups in total. The van der Waals surface area contributed by atoms with Gasteiger partial charge in [0.1, 0.15) is 0 Å². The molecule has 1 atom stereocenters. The number of rotatable bonds is 3. The Kier molecular flexibility index (Phi) is 3.62. The van der Waals surface area contributed by atoms with Crippen molar-refractivity contribution < 1.29 is 29.0 Å². The molecule has 0 saturated carbocycles. The summed E-state index contributed by atoms with van der Waals surface area (Å²) in [6.45, 7) is 2.55. The minimum Gasteiger partial charge on any atom is -0.465 e. The fourth-order valence-corrected chi connectivity index (χ4v) is 1.89. The van der Waals surface area contributed by atoms with E-state index in [0.717, 1.165) is 6.92 Å². The zero-order valence-corrected chi connectivity index (χ0v) is 11.2. The molecule has 2 rings (SSSR count). The van der Waals surface area contributed by atoms with Gasteiger partial charge in [-0.15, -0.1) is 0 Å². The zero-order chi connectivity index (χ0) is 15.6. The lowest BCUT2D eigenvalue weighted by Gasteiger charge is -2.23. The topological polar surface area (TPSA) is 115 Å². The van der Waals surface area contributed by atoms with Crippen molar-refractivity contribution in [1.29, 1.82) is 0 Å². The molecule has 0 saturated heterocycles. The maximum absolute atomic E-state index is 12.4. The Morgan fingerprint density at radius 3 is 2.52 bits per heavy atom. The Labute approximate surface area is 119 Å². The third-order valence-corrected chi connectivity index (χ3v) is 2.85. The Balaban J connectivity index is 2.42. The average molecular weight is 292 g/mol. The van der Waals surface area contributed by atoms with Crippen LogP contribution in [0.1, 0.15) is 19.4 Å². The third-order valence-electron chi connectivity index (χ3n) is 2.85. The van der Waals surface area contributed by atoms with E-state index in [4.69, 9.17) is 14.6 Å². The Morgan fingerprint density at radius 1 is 1.38 bits per heavy atom. The lowest BCUT2D eigenvalue weighted by Crippen LogP contribution is -2.32. The van der Waals surface area contributed by atoms with Gasteiger partial charge in [-0.1, -0.05) is 0 Å². The number of aromatic nitrogens is 1. The fraction of sp³-hybridized carbons (Fsp3) is 0.231. The Hall–Kier alpha value is -2.90. The summed E-state index contributed by atoms with van der Waals surface area (Å²) < 4.78 is 10.2. The van der Waals surface area contributed by atoms with E-state index < -0.39 is 35.1 Å². The van der Waals surface area contributed by atoms with Gasteiger partial charge in [0.25, 0.3) is 5.78 Å². The second kappa shape index (κ2) is 5.23. The molecule has 21 heavy (non-hydrogen) atoms. The van der Waals surface area contributed by atoms with Gasteiger partial charge in [-0.3, -0.25) is 19.9 Å². The number of nitrogens with one attached hydrogen (secondary N) is 1. The van der Waals surface area contributed by atoms with Crippen molar-refractivity contribution in [2.75, 3.05) is 0 Å². The van der Waals surface area contributed by atoms with Crippen LogP contribution >= 0.6 is 0 Å². The predicted molar refractivity (Wildman–Crippen MR) is 67.6 cm³/mol. The highest BCUT2D eigenvalue weighted by molar-refractivity contribution is 6.04. The van der Waals surface area contributed by atoms with Crippen LogP contribution in [0.15, 0.2) is 36.2 Å². The lowest BCUT2D eigenvalue weighted by atomic mass is 9.92. The number of carboxylic acid groups (broad SMARTS) is 1. The van der Waals surface area contributed by atoms with Crippen molar-refractivity contribution in [3.05, 3.63) is 41.7 Å². The highest BCUT2D eigenvalue weighted by atomic mass is 16.6. The van der Waals surface area contributed by atoms with Crippen molar-refractivity contribution in [1.82, 2.24) is 10.3 Å². The summed E-state index contributed by atoms with van der Waals surface area (Å²) in [6.07, 6.45) is 1.48. The highest BCUT2D eigenvalue weighted by Crippen LogP contribution is 2.38. The predicted octanol–water partition coefficient (Wildman–Crippen LogP) is 0.896. The van der Waals surface area contributed by atoms with Crippen molar-refractivity contribution in [3.63, 3.8) is 0 Å². The summed E-state index contributed by atoms with van der Waals surface area (Å²) in [6, 6.07) is 3.10. The number of ether oxygens (including phenoxy) is 2. The molecule has 1 aliphatic rings. The largest absolute Gasteiger partial charge is 0.465 e. The minimum atomic E-state index is -1.49. The van der Waals surface area contributed by atoms with E-state index in [0.29, 0.717) is 5.56 Å². The number of carbonyl (C=O) groups excluding carboxylic acids is 2. The van der Waals surface area contributed by atoms with Crippen molar-refractivity contribution in [2.24, 2.45) is 0 Å². The van der Waals surface area contributed by atoms with Crippen LogP contribution in [-0.4, -0.2) is 27.9 Å². The molecule has 8 heteroatoms. The molecule has 0 fully saturated rings. The van der Waals surface area contributed by atoms with Gasteiger partial charge in [-0.25, -0.2) is 4.79 Å². The number of amides is 1. The van der Waals surface area contributed by atoms with Gasteiger partial charge in [0.05, 0.1) is 0 Å². The van der Waals surface area contributed by atoms with Crippen LogP contribution in [0, 0.1) is 0 Å². The molecule has 0 aromatic carbocycles. The van der Waals surface area contributed by atoms with Crippen LogP contribution in [0.2, 0.25) is 0 Å². The maximum atomic E-state index is 12.4. The van der Waals surface area contributed by atoms with E-state index in [1.807, 2.05) is 5.32 Å². The van der Waals surface area contributed by atoms with Crippen molar-refractivity contribution in [3.8, 4) is 0 Å².